The number of hydrogen-bond acceptors (Lipinski definition) is 4. The van der Waals surface area contributed by atoms with Crippen LogP contribution >= 0.6 is 12.6 Å². The molecule has 0 bridgehead atoms. The second-order valence-corrected chi connectivity index (χ2v) is 9.33. The van der Waals surface area contributed by atoms with Crippen LogP contribution < -0.4 is 5.32 Å². The van der Waals surface area contributed by atoms with Crippen LogP contribution in [0.4, 0.5) is 0 Å². The van der Waals surface area contributed by atoms with Crippen molar-refractivity contribution in [2.75, 3.05) is 33.7 Å². The van der Waals surface area contributed by atoms with Gasteiger partial charge in [-0.2, -0.15) is 0 Å². The molecule has 0 aromatic heterocycles. The van der Waals surface area contributed by atoms with E-state index in [1.807, 2.05) is 7.05 Å². The van der Waals surface area contributed by atoms with Crippen molar-refractivity contribution in [2.45, 2.75) is 85.5 Å². The van der Waals surface area contributed by atoms with Crippen LogP contribution in [0.5, 0.6) is 0 Å². The van der Waals surface area contributed by atoms with Gasteiger partial charge in [-0.3, -0.25) is 4.99 Å². The fourth-order valence-electron chi connectivity index (χ4n) is 3.23. The van der Waals surface area contributed by atoms with Gasteiger partial charge in [0.2, 0.25) is 0 Å². The Morgan fingerprint density at radius 1 is 1.07 bits per heavy atom. The molecule has 3 nitrogen and oxygen atoms in total. The first-order valence-corrected chi connectivity index (χ1v) is 12.3. The third-order valence-electron chi connectivity index (χ3n) is 5.53. The summed E-state index contributed by atoms with van der Waals surface area (Å²) in [4.78, 5) is 7.79. The van der Waals surface area contributed by atoms with Crippen LogP contribution in [0, 0.1) is 5.92 Å². The number of likely N-dealkylation sites (tertiary alicyclic amines) is 1. The van der Waals surface area contributed by atoms with Gasteiger partial charge in [0.1, 0.15) is 0 Å². The van der Waals surface area contributed by atoms with E-state index in [1.54, 1.807) is 0 Å². The minimum atomic E-state index is 0.685. The Labute approximate surface area is 193 Å². The minimum Gasteiger partial charge on any atom is -0.389 e. The molecule has 174 valence electrons. The molecule has 1 heterocycles. The lowest BCUT2D eigenvalue weighted by Gasteiger charge is -2.28. The maximum atomic E-state index is 4.58. The van der Waals surface area contributed by atoms with Crippen molar-refractivity contribution in [3.05, 3.63) is 34.9 Å². The maximum Gasteiger partial charge on any atom is 0.0276 e. The van der Waals surface area contributed by atoms with Crippen LogP contribution in [0.1, 0.15) is 85.5 Å². The smallest absolute Gasteiger partial charge is 0.0276 e. The van der Waals surface area contributed by atoms with Gasteiger partial charge >= 0.3 is 0 Å². The zero-order valence-corrected chi connectivity index (χ0v) is 21.7. The topological polar surface area (TPSA) is 27.6 Å². The predicted molar refractivity (Wildman–Crippen MR) is 141 cm³/mol. The van der Waals surface area contributed by atoms with Gasteiger partial charge in [-0.15, -0.1) is 12.6 Å². The van der Waals surface area contributed by atoms with E-state index in [2.05, 4.69) is 81.3 Å². The van der Waals surface area contributed by atoms with Gasteiger partial charge in [-0.1, -0.05) is 44.1 Å². The summed E-state index contributed by atoms with van der Waals surface area (Å²) in [6.07, 6.45) is 15.4. The molecule has 0 aromatic rings. The number of thiol groups is 1. The number of allylic oxidation sites excluding steroid dienone is 5. The van der Waals surface area contributed by atoms with E-state index >= 15 is 0 Å². The molecule has 1 aliphatic heterocycles. The lowest BCUT2D eigenvalue weighted by Crippen LogP contribution is -2.30. The van der Waals surface area contributed by atoms with Gasteiger partial charge in [-0.05, 0) is 96.7 Å². The first-order chi connectivity index (χ1) is 14.3. The molecule has 0 aromatic carbocycles. The van der Waals surface area contributed by atoms with E-state index in [0.29, 0.717) is 5.92 Å². The molecule has 1 saturated heterocycles. The summed E-state index contributed by atoms with van der Waals surface area (Å²) in [6, 6.07) is 0. The van der Waals surface area contributed by atoms with Gasteiger partial charge in [0, 0.05) is 25.0 Å². The number of unbranched alkanes of at least 4 members (excludes halogenated alkanes) is 3. The van der Waals surface area contributed by atoms with Gasteiger partial charge in [0.05, 0.1) is 0 Å². The lowest BCUT2D eigenvalue weighted by atomic mass is 9.96. The molecule has 0 amide bonds. The lowest BCUT2D eigenvalue weighted by molar-refractivity contribution is 0.242. The summed E-state index contributed by atoms with van der Waals surface area (Å²) in [5.41, 5.74) is 3.80. The number of hydrogen-bond donors (Lipinski definition) is 2. The van der Waals surface area contributed by atoms with E-state index in [4.69, 9.17) is 0 Å². The highest BCUT2D eigenvalue weighted by atomic mass is 32.1. The molecule has 30 heavy (non-hydrogen) atoms. The third kappa shape index (κ3) is 16.8. The minimum absolute atomic E-state index is 0.685. The van der Waals surface area contributed by atoms with E-state index in [1.165, 1.54) is 79.9 Å². The summed E-state index contributed by atoms with van der Waals surface area (Å²) in [5.74, 6) is 0.685. The number of nitrogens with one attached hydrogen (secondary N) is 1. The van der Waals surface area contributed by atoms with Crippen molar-refractivity contribution < 1.29 is 0 Å². The van der Waals surface area contributed by atoms with Gasteiger partial charge < -0.3 is 10.2 Å². The Balaban J connectivity index is 0.000000564. The van der Waals surface area contributed by atoms with E-state index < -0.39 is 0 Å². The van der Waals surface area contributed by atoms with E-state index in [9.17, 15) is 0 Å². The van der Waals surface area contributed by atoms with Crippen LogP contribution in [0.25, 0.3) is 0 Å². The van der Waals surface area contributed by atoms with Crippen molar-refractivity contribution in [3.8, 4) is 0 Å². The fraction of sp³-hybridized carbons (Fsp3) is 0.731. The quantitative estimate of drug-likeness (QED) is 0.149. The molecule has 0 spiro atoms. The molecule has 1 rings (SSSR count). The maximum absolute atomic E-state index is 4.58. The first-order valence-electron chi connectivity index (χ1n) is 11.9. The summed E-state index contributed by atoms with van der Waals surface area (Å²) in [6.45, 7) is 16.1. The molecular formula is C26H49N3S. The first kappa shape index (κ1) is 29.0. The monoisotopic (exact) mass is 435 g/mol. The zero-order chi connectivity index (χ0) is 22.8. The van der Waals surface area contributed by atoms with E-state index in [0.717, 1.165) is 19.4 Å². The summed E-state index contributed by atoms with van der Waals surface area (Å²) in [7, 11) is 4.06. The van der Waals surface area contributed by atoms with Gasteiger partial charge in [0.25, 0.3) is 0 Å². The Hall–Kier alpha value is -1.00. The normalized spacial score (nSPS) is 16.0. The summed E-state index contributed by atoms with van der Waals surface area (Å²) < 4.78 is 0. The average molecular weight is 436 g/mol. The summed E-state index contributed by atoms with van der Waals surface area (Å²) in [5, 5.41) is 3.39. The van der Waals surface area contributed by atoms with Gasteiger partial charge in [0.15, 0.2) is 0 Å². The molecule has 0 saturated carbocycles. The number of piperidine rings is 1. The van der Waals surface area contributed by atoms with Crippen LogP contribution in [-0.4, -0.2) is 44.3 Å². The highest BCUT2D eigenvalue weighted by Gasteiger charge is 2.17. The van der Waals surface area contributed by atoms with Crippen molar-refractivity contribution in [1.29, 1.82) is 0 Å². The molecule has 0 atom stereocenters. The predicted octanol–water partition coefficient (Wildman–Crippen LogP) is 7.04. The second kappa shape index (κ2) is 18.7. The Bertz CT molecular complexity index is 536. The van der Waals surface area contributed by atoms with Crippen molar-refractivity contribution in [3.63, 3.8) is 0 Å². The average Bonchev–Trinajstić information content (AvgIpc) is 2.73. The van der Waals surface area contributed by atoms with Crippen molar-refractivity contribution in [1.82, 2.24) is 10.2 Å². The number of rotatable bonds is 12. The molecule has 4 heteroatoms. The van der Waals surface area contributed by atoms with Crippen molar-refractivity contribution in [2.24, 2.45) is 10.9 Å². The van der Waals surface area contributed by atoms with E-state index in [-0.39, 0.29) is 0 Å². The standard InChI is InChI=1S/C14H28N2.C12H21NS/c1-5-6-10-14(3)16-12-9-7-8-11-13(2)15-4;1-10(2)4-5-12(14)11-6-8-13(3)9-7-11/h16H,3,5-12H2,1-2,4H3;4-5,11,14H,6-9H2,1-3H3/b;12-5-. The number of nitrogens with zero attached hydrogens (tertiary/aromatic N) is 2. The van der Waals surface area contributed by atoms with Crippen LogP contribution in [0.3, 0.4) is 0 Å². The van der Waals surface area contributed by atoms with Crippen LogP contribution in [0.2, 0.25) is 0 Å². The summed E-state index contributed by atoms with van der Waals surface area (Å²) >= 11 is 4.58. The molecular weight excluding hydrogens is 386 g/mol. The molecule has 0 unspecified atom stereocenters. The molecule has 1 fully saturated rings. The third-order valence-corrected chi connectivity index (χ3v) is 6.04. The highest BCUT2D eigenvalue weighted by molar-refractivity contribution is 7.84. The van der Waals surface area contributed by atoms with Crippen LogP contribution in [-0.2, 0) is 0 Å². The fourth-order valence-corrected chi connectivity index (χ4v) is 3.56. The highest BCUT2D eigenvalue weighted by Crippen LogP contribution is 2.26. The Morgan fingerprint density at radius 3 is 2.30 bits per heavy atom. The molecule has 1 N–H and O–H groups in total. The zero-order valence-electron chi connectivity index (χ0n) is 20.8. The SMILES string of the molecule is C=C(CCCC)NCCCCCC(C)=NC.CC(C)=C/C=C(\S)C1CCN(C)CC1. The Morgan fingerprint density at radius 2 is 1.73 bits per heavy atom. The molecule has 0 aliphatic carbocycles. The van der Waals surface area contributed by atoms with Crippen molar-refractivity contribution >= 4 is 18.3 Å². The molecule has 1 aliphatic rings. The van der Waals surface area contributed by atoms with Crippen LogP contribution in [0.15, 0.2) is 39.9 Å². The Kier molecular flexibility index (Phi) is 18.1. The molecule has 0 radical (unpaired) electrons. The number of aliphatic imine (C=N–C) groups is 1. The largest absolute Gasteiger partial charge is 0.389 e. The second-order valence-electron chi connectivity index (χ2n) is 8.82. The van der Waals surface area contributed by atoms with Gasteiger partial charge in [-0.25, -0.2) is 0 Å².